The number of carbonyl (C=O) groups is 1. The second-order valence-corrected chi connectivity index (χ2v) is 6.35. The Hall–Kier alpha value is -0.610. The fourth-order valence-electron chi connectivity index (χ4n) is 2.38. The minimum atomic E-state index is -0.716. The maximum Gasteiger partial charge on any atom is 0.227 e. The summed E-state index contributed by atoms with van der Waals surface area (Å²) in [6.07, 6.45) is 4.87. The second kappa shape index (κ2) is 6.02. The van der Waals surface area contributed by atoms with Gasteiger partial charge < -0.3 is 16.2 Å². The van der Waals surface area contributed by atoms with Crippen LogP contribution in [0.5, 0.6) is 0 Å². The van der Waals surface area contributed by atoms with E-state index in [4.69, 9.17) is 5.73 Å². The van der Waals surface area contributed by atoms with Crippen LogP contribution in [0, 0.1) is 11.3 Å². The fraction of sp³-hybridized carbons (Fsp3) is 0.929. The number of amides is 1. The molecule has 1 aliphatic carbocycles. The zero-order valence-electron chi connectivity index (χ0n) is 12.0. The molecule has 0 aromatic rings. The lowest BCUT2D eigenvalue weighted by atomic mass is 9.77. The van der Waals surface area contributed by atoms with Gasteiger partial charge in [0.2, 0.25) is 5.91 Å². The Morgan fingerprint density at radius 2 is 2.00 bits per heavy atom. The molecule has 1 fully saturated rings. The molecule has 106 valence electrons. The molecule has 0 aromatic heterocycles. The van der Waals surface area contributed by atoms with Crippen LogP contribution in [-0.4, -0.2) is 29.7 Å². The molecule has 0 bridgehead atoms. The molecule has 0 atom stereocenters. The van der Waals surface area contributed by atoms with Crippen molar-refractivity contribution in [3.05, 3.63) is 0 Å². The number of nitrogens with one attached hydrogen (secondary N) is 1. The van der Waals surface area contributed by atoms with Gasteiger partial charge in [-0.15, -0.1) is 0 Å². The Morgan fingerprint density at radius 3 is 2.44 bits per heavy atom. The van der Waals surface area contributed by atoms with Gasteiger partial charge in [-0.25, -0.2) is 0 Å². The van der Waals surface area contributed by atoms with Crippen molar-refractivity contribution in [3.8, 4) is 0 Å². The smallest absolute Gasteiger partial charge is 0.227 e. The third-order valence-corrected chi connectivity index (χ3v) is 4.32. The first-order chi connectivity index (χ1) is 8.33. The van der Waals surface area contributed by atoms with Gasteiger partial charge in [0, 0.05) is 13.1 Å². The van der Waals surface area contributed by atoms with E-state index in [1.807, 2.05) is 13.8 Å². The van der Waals surface area contributed by atoms with Crippen LogP contribution in [-0.2, 0) is 4.79 Å². The zero-order chi connectivity index (χ0) is 13.8. The lowest BCUT2D eigenvalue weighted by Gasteiger charge is -2.36. The highest BCUT2D eigenvalue weighted by Gasteiger charge is 2.34. The predicted molar refractivity (Wildman–Crippen MR) is 73.0 cm³/mol. The summed E-state index contributed by atoms with van der Waals surface area (Å²) in [5, 5.41) is 13.3. The van der Waals surface area contributed by atoms with Gasteiger partial charge in [-0.05, 0) is 45.4 Å². The Bertz CT molecular complexity index is 282. The largest absolute Gasteiger partial charge is 0.388 e. The molecule has 0 radical (unpaired) electrons. The van der Waals surface area contributed by atoms with Gasteiger partial charge >= 0.3 is 0 Å². The van der Waals surface area contributed by atoms with Crippen LogP contribution >= 0.6 is 0 Å². The Labute approximate surface area is 110 Å². The predicted octanol–water partition coefficient (Wildman–Crippen LogP) is 1.42. The van der Waals surface area contributed by atoms with Gasteiger partial charge in [0.05, 0.1) is 11.0 Å². The van der Waals surface area contributed by atoms with E-state index >= 15 is 0 Å². The zero-order valence-corrected chi connectivity index (χ0v) is 12.0. The van der Waals surface area contributed by atoms with Gasteiger partial charge in [0.25, 0.3) is 0 Å². The molecule has 18 heavy (non-hydrogen) atoms. The quantitative estimate of drug-likeness (QED) is 0.696. The minimum absolute atomic E-state index is 0.0731. The molecule has 0 saturated heterocycles. The summed E-state index contributed by atoms with van der Waals surface area (Å²) < 4.78 is 0. The SMILES string of the molecule is CCC1CCC(O)(CNC(=O)C(C)(C)CN)CC1. The maximum absolute atomic E-state index is 11.9. The van der Waals surface area contributed by atoms with E-state index in [9.17, 15) is 9.90 Å². The molecule has 4 heteroatoms. The highest BCUT2D eigenvalue weighted by Crippen LogP contribution is 2.33. The van der Waals surface area contributed by atoms with Crippen LogP contribution in [0.15, 0.2) is 0 Å². The minimum Gasteiger partial charge on any atom is -0.388 e. The topological polar surface area (TPSA) is 75.3 Å². The summed E-state index contributed by atoms with van der Waals surface area (Å²) in [7, 11) is 0. The molecule has 0 unspecified atom stereocenters. The summed E-state index contributed by atoms with van der Waals surface area (Å²) in [5.41, 5.74) is 4.29. The summed E-state index contributed by atoms with van der Waals surface area (Å²) in [5.74, 6) is 0.664. The van der Waals surface area contributed by atoms with E-state index < -0.39 is 11.0 Å². The maximum atomic E-state index is 11.9. The molecule has 1 rings (SSSR count). The van der Waals surface area contributed by atoms with E-state index in [2.05, 4.69) is 12.2 Å². The number of carbonyl (C=O) groups excluding carboxylic acids is 1. The van der Waals surface area contributed by atoms with Crippen molar-refractivity contribution in [1.82, 2.24) is 5.32 Å². The first kappa shape index (κ1) is 15.4. The molecule has 1 amide bonds. The number of hydrogen-bond donors (Lipinski definition) is 3. The van der Waals surface area contributed by atoms with Crippen LogP contribution in [0.3, 0.4) is 0 Å². The molecule has 4 N–H and O–H groups in total. The van der Waals surface area contributed by atoms with Crippen LogP contribution in [0.4, 0.5) is 0 Å². The number of rotatable bonds is 5. The van der Waals surface area contributed by atoms with Gasteiger partial charge in [0.1, 0.15) is 0 Å². The van der Waals surface area contributed by atoms with Crippen LogP contribution in [0.25, 0.3) is 0 Å². The lowest BCUT2D eigenvalue weighted by molar-refractivity contribution is -0.130. The second-order valence-electron chi connectivity index (χ2n) is 6.35. The molecule has 0 aliphatic heterocycles. The summed E-state index contributed by atoms with van der Waals surface area (Å²) in [6.45, 7) is 6.50. The van der Waals surface area contributed by atoms with E-state index in [1.54, 1.807) is 0 Å². The van der Waals surface area contributed by atoms with Crippen LogP contribution in [0.1, 0.15) is 52.9 Å². The average molecular weight is 256 g/mol. The number of hydrogen-bond acceptors (Lipinski definition) is 3. The summed E-state index contributed by atoms with van der Waals surface area (Å²) in [4.78, 5) is 11.9. The molecule has 0 aromatic carbocycles. The molecule has 1 aliphatic rings. The number of aliphatic hydroxyl groups is 1. The van der Waals surface area contributed by atoms with E-state index in [0.29, 0.717) is 13.1 Å². The monoisotopic (exact) mass is 256 g/mol. The molecule has 0 spiro atoms. The highest BCUT2D eigenvalue weighted by atomic mass is 16.3. The Balaban J connectivity index is 2.42. The van der Waals surface area contributed by atoms with Gasteiger partial charge in [-0.3, -0.25) is 4.79 Å². The summed E-state index contributed by atoms with van der Waals surface area (Å²) in [6, 6.07) is 0. The third-order valence-electron chi connectivity index (χ3n) is 4.32. The fourth-order valence-corrected chi connectivity index (χ4v) is 2.38. The molecular formula is C14H28N2O2. The Kier molecular flexibility index (Phi) is 5.17. The molecule has 1 saturated carbocycles. The average Bonchev–Trinajstić information content (AvgIpc) is 2.37. The molecule has 4 nitrogen and oxygen atoms in total. The lowest BCUT2D eigenvalue weighted by Crippen LogP contribution is -2.49. The standard InChI is InChI=1S/C14H28N2O2/c1-4-11-5-7-14(18,8-6-11)10-16-12(17)13(2,3)9-15/h11,18H,4-10,15H2,1-3H3,(H,16,17). The van der Waals surface area contributed by atoms with Gasteiger partial charge in [0.15, 0.2) is 0 Å². The van der Waals surface area contributed by atoms with Crippen molar-refractivity contribution in [2.24, 2.45) is 17.1 Å². The van der Waals surface area contributed by atoms with Crippen molar-refractivity contribution in [2.45, 2.75) is 58.5 Å². The van der Waals surface area contributed by atoms with E-state index in [0.717, 1.165) is 31.6 Å². The van der Waals surface area contributed by atoms with Crippen molar-refractivity contribution < 1.29 is 9.90 Å². The normalized spacial score (nSPS) is 29.1. The van der Waals surface area contributed by atoms with Crippen LogP contribution in [0.2, 0.25) is 0 Å². The first-order valence-electron chi connectivity index (χ1n) is 7.04. The highest BCUT2D eigenvalue weighted by molar-refractivity contribution is 5.82. The Morgan fingerprint density at radius 1 is 1.44 bits per heavy atom. The number of nitrogens with two attached hydrogens (primary N) is 1. The van der Waals surface area contributed by atoms with E-state index in [-0.39, 0.29) is 5.91 Å². The molecule has 0 heterocycles. The van der Waals surface area contributed by atoms with Crippen molar-refractivity contribution in [3.63, 3.8) is 0 Å². The molecular weight excluding hydrogens is 228 g/mol. The van der Waals surface area contributed by atoms with Crippen molar-refractivity contribution in [1.29, 1.82) is 0 Å². The summed E-state index contributed by atoms with van der Waals surface area (Å²) >= 11 is 0. The van der Waals surface area contributed by atoms with Crippen molar-refractivity contribution in [2.75, 3.05) is 13.1 Å². The third kappa shape index (κ3) is 3.95. The van der Waals surface area contributed by atoms with Crippen molar-refractivity contribution >= 4 is 5.91 Å². The van der Waals surface area contributed by atoms with Gasteiger partial charge in [-0.2, -0.15) is 0 Å². The van der Waals surface area contributed by atoms with Gasteiger partial charge in [-0.1, -0.05) is 13.3 Å². The van der Waals surface area contributed by atoms with Crippen LogP contribution < -0.4 is 11.1 Å². The first-order valence-corrected chi connectivity index (χ1v) is 7.04. The van der Waals surface area contributed by atoms with E-state index in [1.165, 1.54) is 6.42 Å².